The molecule has 1 aromatic carbocycles. The van der Waals surface area contributed by atoms with Crippen LogP contribution in [0, 0.1) is 0 Å². The van der Waals surface area contributed by atoms with Gasteiger partial charge in [-0.3, -0.25) is 0 Å². The number of para-hydroxylation sites is 2. The van der Waals surface area contributed by atoms with E-state index in [0.29, 0.717) is 36.8 Å². The number of nitrogens with one attached hydrogen (secondary N) is 1. The zero-order chi connectivity index (χ0) is 13.0. The van der Waals surface area contributed by atoms with Gasteiger partial charge in [-0.15, -0.1) is 0 Å². The van der Waals surface area contributed by atoms with E-state index in [1.54, 1.807) is 0 Å². The van der Waals surface area contributed by atoms with Crippen molar-refractivity contribution in [2.75, 3.05) is 13.2 Å². The maximum absolute atomic E-state index is 11.8. The molecular weight excluding hydrogens is 232 g/mol. The molecule has 96 valence electrons. The van der Waals surface area contributed by atoms with E-state index in [9.17, 15) is 4.79 Å². The highest BCUT2D eigenvalue weighted by Gasteiger charge is 2.13. The number of aromatic amines is 1. The van der Waals surface area contributed by atoms with Crippen LogP contribution in [0.4, 0.5) is 0 Å². The molecule has 2 rings (SSSR count). The van der Waals surface area contributed by atoms with Crippen LogP contribution in [0.2, 0.25) is 0 Å². The van der Waals surface area contributed by atoms with E-state index in [-0.39, 0.29) is 5.69 Å². The first kappa shape index (κ1) is 12.4. The van der Waals surface area contributed by atoms with E-state index in [4.69, 9.17) is 10.5 Å². The second-order valence-electron chi connectivity index (χ2n) is 3.72. The molecule has 3 N–H and O–H groups in total. The summed E-state index contributed by atoms with van der Waals surface area (Å²) in [4.78, 5) is 11.8. The average molecular weight is 248 g/mol. The molecule has 0 aliphatic rings. The molecular formula is C12H16N4O2. The second kappa shape index (κ2) is 5.50. The molecule has 0 saturated heterocycles. The van der Waals surface area contributed by atoms with Crippen molar-refractivity contribution in [3.63, 3.8) is 0 Å². The van der Waals surface area contributed by atoms with Crippen LogP contribution >= 0.6 is 0 Å². The maximum Gasteiger partial charge on any atom is 0.348 e. The van der Waals surface area contributed by atoms with Crippen molar-refractivity contribution < 1.29 is 4.74 Å². The molecule has 0 fully saturated rings. The SMILES string of the molecule is CCOc1ccccc1-n1c(CCN)n[nH]c1=O. The third-order valence-corrected chi connectivity index (χ3v) is 2.52. The Labute approximate surface area is 104 Å². The first-order chi connectivity index (χ1) is 8.77. The van der Waals surface area contributed by atoms with Crippen LogP contribution in [-0.2, 0) is 6.42 Å². The number of hydrogen-bond acceptors (Lipinski definition) is 4. The molecule has 0 aliphatic carbocycles. The molecule has 2 aromatic rings. The molecule has 0 amide bonds. The molecule has 6 nitrogen and oxygen atoms in total. The molecule has 6 heteroatoms. The van der Waals surface area contributed by atoms with Crippen molar-refractivity contribution in [1.29, 1.82) is 0 Å². The standard InChI is InChI=1S/C12H16N4O2/c1-2-18-10-6-4-3-5-9(10)16-11(7-8-13)14-15-12(16)17/h3-6H,2,7-8,13H2,1H3,(H,15,17). The van der Waals surface area contributed by atoms with Gasteiger partial charge in [0.15, 0.2) is 0 Å². The quantitative estimate of drug-likeness (QED) is 0.805. The molecule has 0 spiro atoms. The monoisotopic (exact) mass is 248 g/mol. The fourth-order valence-electron chi connectivity index (χ4n) is 1.79. The zero-order valence-corrected chi connectivity index (χ0v) is 10.2. The first-order valence-corrected chi connectivity index (χ1v) is 5.86. The largest absolute Gasteiger partial charge is 0.492 e. The van der Waals surface area contributed by atoms with Gasteiger partial charge in [0.05, 0.1) is 12.3 Å². The number of rotatable bonds is 5. The third kappa shape index (κ3) is 2.28. The minimum atomic E-state index is -0.286. The first-order valence-electron chi connectivity index (χ1n) is 5.86. The van der Waals surface area contributed by atoms with Crippen molar-refractivity contribution in [2.24, 2.45) is 5.73 Å². The van der Waals surface area contributed by atoms with Gasteiger partial charge in [0.1, 0.15) is 11.6 Å². The molecule has 0 saturated carbocycles. The topological polar surface area (TPSA) is 85.9 Å². The number of aromatic nitrogens is 3. The Bertz CT molecular complexity index is 573. The Morgan fingerprint density at radius 2 is 2.22 bits per heavy atom. The Morgan fingerprint density at radius 3 is 2.94 bits per heavy atom. The Kier molecular flexibility index (Phi) is 3.78. The second-order valence-corrected chi connectivity index (χ2v) is 3.72. The lowest BCUT2D eigenvalue weighted by molar-refractivity contribution is 0.338. The predicted octanol–water partition coefficient (Wildman–Crippen LogP) is 0.460. The van der Waals surface area contributed by atoms with Crippen molar-refractivity contribution >= 4 is 0 Å². The molecule has 0 radical (unpaired) electrons. The summed E-state index contributed by atoms with van der Waals surface area (Å²) in [6.45, 7) is 2.87. The predicted molar refractivity (Wildman–Crippen MR) is 68.1 cm³/mol. The van der Waals surface area contributed by atoms with Gasteiger partial charge >= 0.3 is 5.69 Å². The van der Waals surface area contributed by atoms with E-state index in [2.05, 4.69) is 10.2 Å². The van der Waals surface area contributed by atoms with Gasteiger partial charge in [-0.2, -0.15) is 5.10 Å². The number of ether oxygens (including phenoxy) is 1. The molecule has 18 heavy (non-hydrogen) atoms. The van der Waals surface area contributed by atoms with Crippen molar-refractivity contribution in [3.05, 3.63) is 40.6 Å². The van der Waals surface area contributed by atoms with Crippen LogP contribution in [-0.4, -0.2) is 27.9 Å². The summed E-state index contributed by atoms with van der Waals surface area (Å²) in [7, 11) is 0. The normalized spacial score (nSPS) is 10.6. The van der Waals surface area contributed by atoms with Gasteiger partial charge < -0.3 is 10.5 Å². The van der Waals surface area contributed by atoms with Gasteiger partial charge in [-0.1, -0.05) is 12.1 Å². The highest BCUT2D eigenvalue weighted by molar-refractivity contribution is 5.47. The Hall–Kier alpha value is -2.08. The highest BCUT2D eigenvalue weighted by Crippen LogP contribution is 2.21. The van der Waals surface area contributed by atoms with Gasteiger partial charge in [0.25, 0.3) is 0 Å². The lowest BCUT2D eigenvalue weighted by atomic mass is 10.2. The van der Waals surface area contributed by atoms with Crippen LogP contribution in [0.3, 0.4) is 0 Å². The molecule has 0 bridgehead atoms. The summed E-state index contributed by atoms with van der Waals surface area (Å²) in [5.41, 5.74) is 5.91. The number of H-pyrrole nitrogens is 1. The van der Waals surface area contributed by atoms with Crippen LogP contribution in [0.1, 0.15) is 12.7 Å². The van der Waals surface area contributed by atoms with E-state index in [0.717, 1.165) is 0 Å². The fraction of sp³-hybridized carbons (Fsp3) is 0.333. The number of nitrogens with zero attached hydrogens (tertiary/aromatic N) is 2. The summed E-state index contributed by atoms with van der Waals surface area (Å²) in [5.74, 6) is 1.26. The molecule has 0 unspecified atom stereocenters. The van der Waals surface area contributed by atoms with Crippen LogP contribution < -0.4 is 16.2 Å². The third-order valence-electron chi connectivity index (χ3n) is 2.52. The van der Waals surface area contributed by atoms with Crippen LogP contribution in [0.15, 0.2) is 29.1 Å². The van der Waals surface area contributed by atoms with E-state index in [1.807, 2.05) is 31.2 Å². The minimum Gasteiger partial charge on any atom is -0.492 e. The van der Waals surface area contributed by atoms with E-state index >= 15 is 0 Å². The number of hydrogen-bond donors (Lipinski definition) is 2. The minimum absolute atomic E-state index is 0.286. The smallest absolute Gasteiger partial charge is 0.348 e. The Balaban J connectivity index is 2.54. The summed E-state index contributed by atoms with van der Waals surface area (Å²) in [6.07, 6.45) is 0.527. The van der Waals surface area contributed by atoms with Gasteiger partial charge in [0, 0.05) is 6.42 Å². The van der Waals surface area contributed by atoms with Gasteiger partial charge in [0.2, 0.25) is 0 Å². The van der Waals surface area contributed by atoms with E-state index < -0.39 is 0 Å². The van der Waals surface area contributed by atoms with Crippen LogP contribution in [0.5, 0.6) is 5.75 Å². The summed E-state index contributed by atoms with van der Waals surface area (Å²) < 4.78 is 7.01. The van der Waals surface area contributed by atoms with E-state index in [1.165, 1.54) is 4.57 Å². The van der Waals surface area contributed by atoms with Crippen LogP contribution in [0.25, 0.3) is 5.69 Å². The number of benzene rings is 1. The molecule has 1 heterocycles. The van der Waals surface area contributed by atoms with Gasteiger partial charge in [-0.05, 0) is 25.6 Å². The molecule has 0 atom stereocenters. The van der Waals surface area contributed by atoms with Crippen molar-refractivity contribution in [3.8, 4) is 11.4 Å². The van der Waals surface area contributed by atoms with Crippen molar-refractivity contribution in [1.82, 2.24) is 14.8 Å². The lowest BCUT2D eigenvalue weighted by Gasteiger charge is -2.11. The molecule has 1 aromatic heterocycles. The van der Waals surface area contributed by atoms with Gasteiger partial charge in [-0.25, -0.2) is 14.5 Å². The van der Waals surface area contributed by atoms with Crippen molar-refractivity contribution in [2.45, 2.75) is 13.3 Å². The highest BCUT2D eigenvalue weighted by atomic mass is 16.5. The number of nitrogens with two attached hydrogens (primary N) is 1. The molecule has 0 aliphatic heterocycles. The average Bonchev–Trinajstić information content (AvgIpc) is 2.73. The fourth-order valence-corrected chi connectivity index (χ4v) is 1.79. The summed E-state index contributed by atoms with van der Waals surface area (Å²) in [6, 6.07) is 7.36. The Morgan fingerprint density at radius 1 is 1.44 bits per heavy atom. The maximum atomic E-state index is 11.8. The summed E-state index contributed by atoms with van der Waals surface area (Å²) in [5, 5.41) is 6.41. The lowest BCUT2D eigenvalue weighted by Crippen LogP contribution is -2.19. The zero-order valence-electron chi connectivity index (χ0n) is 10.2. The summed E-state index contributed by atoms with van der Waals surface area (Å²) >= 11 is 0.